The first kappa shape index (κ1) is 17.5. The quantitative estimate of drug-likeness (QED) is 0.723. The van der Waals surface area contributed by atoms with Crippen LogP contribution in [0.1, 0.15) is 46.1 Å². The van der Waals surface area contributed by atoms with Crippen LogP contribution in [0.5, 0.6) is 0 Å². The third-order valence-electron chi connectivity index (χ3n) is 4.04. The predicted octanol–water partition coefficient (Wildman–Crippen LogP) is 2.81. The molecular formula is C17H28N2O2. The molecule has 3 N–H and O–H groups in total. The number of aliphatic hydroxyl groups is 1. The van der Waals surface area contributed by atoms with Gasteiger partial charge in [0.1, 0.15) is 0 Å². The van der Waals surface area contributed by atoms with Crippen molar-refractivity contribution in [2.75, 3.05) is 6.61 Å². The van der Waals surface area contributed by atoms with Gasteiger partial charge in [0.25, 0.3) is 0 Å². The maximum atomic E-state index is 12.1. The van der Waals surface area contributed by atoms with E-state index >= 15 is 0 Å². The van der Waals surface area contributed by atoms with E-state index in [1.165, 1.54) is 5.56 Å². The normalized spacial score (nSPS) is 14.3. The Morgan fingerprint density at radius 3 is 2.38 bits per heavy atom. The molecule has 0 fully saturated rings. The average molecular weight is 292 g/mol. The molecule has 4 heteroatoms. The highest BCUT2D eigenvalue weighted by atomic mass is 16.3. The van der Waals surface area contributed by atoms with Crippen molar-refractivity contribution in [1.29, 1.82) is 0 Å². The molecule has 0 aromatic heterocycles. The number of amides is 2. The number of carbonyl (C=O) groups is 1. The summed E-state index contributed by atoms with van der Waals surface area (Å²) in [5.74, 6) is 0. The number of nitrogens with one attached hydrogen (secondary N) is 2. The summed E-state index contributed by atoms with van der Waals surface area (Å²) in [4.78, 5) is 12.1. The van der Waals surface area contributed by atoms with Crippen molar-refractivity contribution in [2.24, 2.45) is 0 Å². The van der Waals surface area contributed by atoms with E-state index in [2.05, 4.69) is 43.5 Å². The molecule has 2 amide bonds. The van der Waals surface area contributed by atoms with Gasteiger partial charge in [-0.1, -0.05) is 51.1 Å². The highest BCUT2D eigenvalue weighted by Crippen LogP contribution is 2.28. The Morgan fingerprint density at radius 2 is 1.86 bits per heavy atom. The van der Waals surface area contributed by atoms with E-state index in [4.69, 9.17) is 5.11 Å². The number of hydrogen-bond acceptors (Lipinski definition) is 2. The molecule has 1 aromatic rings. The Labute approximate surface area is 128 Å². The van der Waals surface area contributed by atoms with Crippen molar-refractivity contribution in [3.05, 3.63) is 35.9 Å². The Bertz CT molecular complexity index is 432. The van der Waals surface area contributed by atoms with Gasteiger partial charge in [0.05, 0.1) is 0 Å². The predicted molar refractivity (Wildman–Crippen MR) is 86.4 cm³/mol. The summed E-state index contributed by atoms with van der Waals surface area (Å²) in [5.41, 5.74) is 1.06. The van der Waals surface area contributed by atoms with E-state index in [9.17, 15) is 4.79 Å². The molecule has 4 nitrogen and oxygen atoms in total. The van der Waals surface area contributed by atoms with Crippen LogP contribution in [0.4, 0.5) is 4.79 Å². The lowest BCUT2D eigenvalue weighted by Crippen LogP contribution is -2.52. The zero-order valence-electron chi connectivity index (χ0n) is 13.5. The molecule has 118 valence electrons. The molecule has 0 radical (unpaired) electrons. The van der Waals surface area contributed by atoms with Gasteiger partial charge >= 0.3 is 6.03 Å². The van der Waals surface area contributed by atoms with Crippen LogP contribution in [0.15, 0.2) is 30.3 Å². The fourth-order valence-corrected chi connectivity index (χ4v) is 2.55. The van der Waals surface area contributed by atoms with E-state index in [1.807, 2.05) is 25.1 Å². The van der Waals surface area contributed by atoms with E-state index < -0.39 is 0 Å². The Hall–Kier alpha value is -1.55. The fourth-order valence-electron chi connectivity index (χ4n) is 2.55. The Kier molecular flexibility index (Phi) is 6.69. The molecule has 1 unspecified atom stereocenters. The minimum atomic E-state index is -0.174. The summed E-state index contributed by atoms with van der Waals surface area (Å²) in [5, 5.41) is 14.8. The topological polar surface area (TPSA) is 61.4 Å². The highest BCUT2D eigenvalue weighted by molar-refractivity contribution is 5.74. The molecule has 0 saturated carbocycles. The second kappa shape index (κ2) is 8.03. The monoisotopic (exact) mass is 292 g/mol. The van der Waals surface area contributed by atoms with Crippen molar-refractivity contribution >= 4 is 6.03 Å². The molecule has 0 heterocycles. The van der Waals surface area contributed by atoms with Crippen molar-refractivity contribution in [2.45, 2.75) is 58.0 Å². The maximum Gasteiger partial charge on any atom is 0.315 e. The molecule has 2 atom stereocenters. The first-order chi connectivity index (χ1) is 9.91. The molecule has 0 bridgehead atoms. The van der Waals surface area contributed by atoms with Crippen LogP contribution in [0.2, 0.25) is 0 Å². The summed E-state index contributed by atoms with van der Waals surface area (Å²) in [6, 6.07) is 10.1. The zero-order valence-corrected chi connectivity index (χ0v) is 13.5. The Morgan fingerprint density at radius 1 is 1.24 bits per heavy atom. The van der Waals surface area contributed by atoms with Gasteiger partial charge in [-0.25, -0.2) is 4.79 Å². The number of carbonyl (C=O) groups excluding carboxylic acids is 1. The summed E-state index contributed by atoms with van der Waals surface area (Å²) >= 11 is 0. The summed E-state index contributed by atoms with van der Waals surface area (Å²) in [6.45, 7) is 8.34. The number of rotatable bonds is 7. The lowest BCUT2D eigenvalue weighted by molar-refractivity contribution is 0.219. The van der Waals surface area contributed by atoms with Crippen molar-refractivity contribution in [1.82, 2.24) is 10.6 Å². The highest BCUT2D eigenvalue weighted by Gasteiger charge is 2.31. The second-order valence-electron chi connectivity index (χ2n) is 6.08. The zero-order chi connectivity index (χ0) is 15.9. The van der Waals surface area contributed by atoms with Crippen LogP contribution in [-0.4, -0.2) is 29.8 Å². The molecular weight excluding hydrogens is 264 g/mol. The van der Waals surface area contributed by atoms with Gasteiger partial charge in [-0.15, -0.1) is 0 Å². The molecule has 0 aliphatic rings. The van der Waals surface area contributed by atoms with E-state index in [0.717, 1.165) is 6.42 Å². The third-order valence-corrected chi connectivity index (χ3v) is 4.04. The number of hydrogen-bond donors (Lipinski definition) is 3. The molecule has 1 aromatic carbocycles. The van der Waals surface area contributed by atoms with Crippen molar-refractivity contribution < 1.29 is 9.90 Å². The maximum absolute atomic E-state index is 12.1. The van der Waals surface area contributed by atoms with Crippen LogP contribution < -0.4 is 10.6 Å². The largest absolute Gasteiger partial charge is 0.396 e. The van der Waals surface area contributed by atoms with E-state index in [-0.39, 0.29) is 30.1 Å². The minimum absolute atomic E-state index is 0.0349. The molecule has 1 rings (SSSR count). The SMILES string of the molecule is CCC(NC(=O)N[C@H](C)CCO)C(C)(C)c1ccccc1. The van der Waals surface area contributed by atoms with Gasteiger partial charge in [0.2, 0.25) is 0 Å². The molecule has 0 aliphatic heterocycles. The van der Waals surface area contributed by atoms with Crippen molar-refractivity contribution in [3.63, 3.8) is 0 Å². The van der Waals surface area contributed by atoms with Crippen LogP contribution in [0.3, 0.4) is 0 Å². The molecule has 21 heavy (non-hydrogen) atoms. The van der Waals surface area contributed by atoms with Crippen LogP contribution in [0.25, 0.3) is 0 Å². The summed E-state index contributed by atoms with van der Waals surface area (Å²) < 4.78 is 0. The van der Waals surface area contributed by atoms with Gasteiger partial charge in [0.15, 0.2) is 0 Å². The van der Waals surface area contributed by atoms with Gasteiger partial charge in [0, 0.05) is 24.1 Å². The first-order valence-corrected chi connectivity index (χ1v) is 7.65. The van der Waals surface area contributed by atoms with Crippen LogP contribution >= 0.6 is 0 Å². The van der Waals surface area contributed by atoms with E-state index in [1.54, 1.807) is 0 Å². The number of urea groups is 1. The fraction of sp³-hybridized carbons (Fsp3) is 0.588. The van der Waals surface area contributed by atoms with Gasteiger partial charge in [-0.05, 0) is 25.3 Å². The van der Waals surface area contributed by atoms with Crippen LogP contribution in [0, 0.1) is 0 Å². The summed E-state index contributed by atoms with van der Waals surface area (Å²) in [7, 11) is 0. The second-order valence-corrected chi connectivity index (χ2v) is 6.08. The van der Waals surface area contributed by atoms with E-state index in [0.29, 0.717) is 6.42 Å². The Balaban J connectivity index is 2.72. The molecule has 0 aliphatic carbocycles. The first-order valence-electron chi connectivity index (χ1n) is 7.65. The molecule has 0 saturated heterocycles. The summed E-state index contributed by atoms with van der Waals surface area (Å²) in [6.07, 6.45) is 1.41. The standard InChI is InChI=1S/C17H28N2O2/c1-5-15(19-16(21)18-13(2)11-12-20)17(3,4)14-9-7-6-8-10-14/h6-10,13,15,20H,5,11-12H2,1-4H3,(H2,18,19,21)/t13-,15?/m1/s1. The lowest BCUT2D eigenvalue weighted by Gasteiger charge is -2.35. The van der Waals surface area contributed by atoms with Gasteiger partial charge in [-0.3, -0.25) is 0 Å². The number of benzene rings is 1. The lowest BCUT2D eigenvalue weighted by atomic mass is 9.76. The van der Waals surface area contributed by atoms with Crippen molar-refractivity contribution in [3.8, 4) is 0 Å². The van der Waals surface area contributed by atoms with Crippen LogP contribution in [-0.2, 0) is 5.41 Å². The smallest absolute Gasteiger partial charge is 0.315 e. The average Bonchev–Trinajstić information content (AvgIpc) is 2.45. The van der Waals surface area contributed by atoms with Gasteiger partial charge in [-0.2, -0.15) is 0 Å². The minimum Gasteiger partial charge on any atom is -0.396 e. The van der Waals surface area contributed by atoms with Gasteiger partial charge < -0.3 is 15.7 Å². The molecule has 0 spiro atoms. The third kappa shape index (κ3) is 5.05. The number of aliphatic hydroxyl groups excluding tert-OH is 1.